The molecule has 1 aromatic rings. The molecule has 0 amide bonds. The van der Waals surface area contributed by atoms with Crippen LogP contribution in [0.4, 0.5) is 5.82 Å². The summed E-state index contributed by atoms with van der Waals surface area (Å²) in [5, 5.41) is 3.39. The molecule has 1 aromatic heterocycles. The number of hydrogen-bond donors (Lipinski definition) is 1. The zero-order valence-electron chi connectivity index (χ0n) is 14.5. The molecule has 0 saturated carbocycles. The van der Waals surface area contributed by atoms with Crippen molar-refractivity contribution >= 4 is 5.82 Å². The van der Waals surface area contributed by atoms with Crippen LogP contribution in [0.3, 0.4) is 0 Å². The van der Waals surface area contributed by atoms with Crippen LogP contribution in [0.1, 0.15) is 71.7 Å². The molecule has 1 heterocycles. The number of aromatic nitrogens is 2. The fraction of sp³-hybridized carbons (Fsp3) is 0.765. The number of hydrogen-bond acceptors (Lipinski definition) is 4. The third-order valence-electron chi connectivity index (χ3n) is 3.30. The average molecular weight is 293 g/mol. The summed E-state index contributed by atoms with van der Waals surface area (Å²) in [6.45, 7) is 14.4. The van der Waals surface area contributed by atoms with Gasteiger partial charge in [0, 0.05) is 12.0 Å². The van der Waals surface area contributed by atoms with Crippen molar-refractivity contribution in [3.8, 4) is 5.88 Å². The van der Waals surface area contributed by atoms with Gasteiger partial charge in [0.1, 0.15) is 11.6 Å². The minimum atomic E-state index is -0.0854. The highest BCUT2D eigenvalue weighted by molar-refractivity contribution is 5.49. The molecule has 0 atom stereocenters. The van der Waals surface area contributed by atoms with Crippen molar-refractivity contribution in [2.24, 2.45) is 0 Å². The van der Waals surface area contributed by atoms with Crippen LogP contribution in [-0.4, -0.2) is 23.1 Å². The topological polar surface area (TPSA) is 47.0 Å². The number of nitrogens with one attached hydrogen (secondary N) is 1. The first-order valence-corrected chi connectivity index (χ1v) is 8.15. The smallest absolute Gasteiger partial charge is 0.221 e. The Morgan fingerprint density at radius 2 is 1.76 bits per heavy atom. The Hall–Kier alpha value is -1.32. The monoisotopic (exact) mass is 293 g/mol. The molecule has 0 spiro atoms. The van der Waals surface area contributed by atoms with Crippen molar-refractivity contribution in [3.05, 3.63) is 11.4 Å². The lowest BCUT2D eigenvalue weighted by atomic mass is 9.95. The second kappa shape index (κ2) is 8.20. The van der Waals surface area contributed by atoms with Gasteiger partial charge < -0.3 is 10.1 Å². The first-order chi connectivity index (χ1) is 9.90. The predicted molar refractivity (Wildman–Crippen MR) is 89.3 cm³/mol. The lowest BCUT2D eigenvalue weighted by Gasteiger charge is -2.21. The molecule has 0 aliphatic heterocycles. The van der Waals surface area contributed by atoms with E-state index in [1.165, 1.54) is 12.8 Å². The van der Waals surface area contributed by atoms with Crippen LogP contribution in [0, 0.1) is 6.92 Å². The van der Waals surface area contributed by atoms with Gasteiger partial charge in [0.05, 0.1) is 12.2 Å². The van der Waals surface area contributed by atoms with E-state index in [1.807, 2.05) is 6.92 Å². The number of rotatable bonds is 8. The van der Waals surface area contributed by atoms with Gasteiger partial charge in [0.25, 0.3) is 0 Å². The van der Waals surface area contributed by atoms with Crippen LogP contribution in [0.15, 0.2) is 0 Å². The fourth-order valence-electron chi connectivity index (χ4n) is 1.91. The molecule has 21 heavy (non-hydrogen) atoms. The van der Waals surface area contributed by atoms with Gasteiger partial charge >= 0.3 is 0 Å². The van der Waals surface area contributed by atoms with E-state index in [-0.39, 0.29) is 5.41 Å². The third-order valence-corrected chi connectivity index (χ3v) is 3.30. The number of ether oxygens (including phenoxy) is 1. The minimum absolute atomic E-state index is 0.0854. The van der Waals surface area contributed by atoms with Gasteiger partial charge in [-0.05, 0) is 19.8 Å². The maximum Gasteiger partial charge on any atom is 0.221 e. The molecule has 0 fully saturated rings. The summed E-state index contributed by atoms with van der Waals surface area (Å²) >= 11 is 0. The molecule has 0 radical (unpaired) electrons. The quantitative estimate of drug-likeness (QED) is 0.718. The summed E-state index contributed by atoms with van der Waals surface area (Å²) in [6, 6.07) is 0. The second-order valence-corrected chi connectivity index (χ2v) is 6.56. The van der Waals surface area contributed by atoms with Crippen molar-refractivity contribution in [1.29, 1.82) is 0 Å². The summed E-state index contributed by atoms with van der Waals surface area (Å²) in [7, 11) is 0. The Bertz CT molecular complexity index is 438. The van der Waals surface area contributed by atoms with E-state index >= 15 is 0 Å². The van der Waals surface area contributed by atoms with Gasteiger partial charge in [0.15, 0.2) is 0 Å². The lowest BCUT2D eigenvalue weighted by Crippen LogP contribution is -2.19. The zero-order chi connectivity index (χ0) is 15.9. The van der Waals surface area contributed by atoms with Crippen molar-refractivity contribution in [2.75, 3.05) is 18.5 Å². The Morgan fingerprint density at radius 3 is 2.33 bits per heavy atom. The maximum atomic E-state index is 5.90. The molecule has 0 unspecified atom stereocenters. The number of unbranched alkanes of at least 4 members (excludes halogenated alkanes) is 2. The Morgan fingerprint density at radius 1 is 1.05 bits per heavy atom. The SMILES string of the molecule is CCCCCOc1nc(C(C)(C)C)nc(NCCC)c1C. The minimum Gasteiger partial charge on any atom is -0.477 e. The van der Waals surface area contributed by atoms with Crippen molar-refractivity contribution in [3.63, 3.8) is 0 Å². The molecule has 120 valence electrons. The van der Waals surface area contributed by atoms with Gasteiger partial charge in [0.2, 0.25) is 5.88 Å². The number of anilines is 1. The summed E-state index contributed by atoms with van der Waals surface area (Å²) in [4.78, 5) is 9.32. The van der Waals surface area contributed by atoms with E-state index in [4.69, 9.17) is 4.74 Å². The summed E-state index contributed by atoms with van der Waals surface area (Å²) < 4.78 is 5.90. The van der Waals surface area contributed by atoms with Gasteiger partial charge in [-0.15, -0.1) is 0 Å². The molecule has 1 N–H and O–H groups in total. The highest BCUT2D eigenvalue weighted by Crippen LogP contribution is 2.27. The third kappa shape index (κ3) is 5.52. The van der Waals surface area contributed by atoms with Crippen LogP contribution in [0.25, 0.3) is 0 Å². The van der Waals surface area contributed by atoms with Crippen LogP contribution in [0.2, 0.25) is 0 Å². The van der Waals surface area contributed by atoms with Crippen LogP contribution >= 0.6 is 0 Å². The van der Waals surface area contributed by atoms with Crippen molar-refractivity contribution in [1.82, 2.24) is 9.97 Å². The van der Waals surface area contributed by atoms with Gasteiger partial charge in [-0.1, -0.05) is 47.5 Å². The Kier molecular flexibility index (Phi) is 6.93. The molecule has 0 bridgehead atoms. The fourth-order valence-corrected chi connectivity index (χ4v) is 1.91. The Labute approximate surface area is 129 Å². The van der Waals surface area contributed by atoms with Crippen LogP contribution in [0.5, 0.6) is 5.88 Å². The summed E-state index contributed by atoms with van der Waals surface area (Å²) in [5.41, 5.74) is 0.922. The molecule has 4 heteroatoms. The highest BCUT2D eigenvalue weighted by Gasteiger charge is 2.21. The zero-order valence-corrected chi connectivity index (χ0v) is 14.5. The normalized spacial score (nSPS) is 11.5. The van der Waals surface area contributed by atoms with E-state index in [0.717, 1.165) is 49.1 Å². The van der Waals surface area contributed by atoms with E-state index < -0.39 is 0 Å². The second-order valence-electron chi connectivity index (χ2n) is 6.56. The van der Waals surface area contributed by atoms with Gasteiger partial charge in [-0.25, -0.2) is 4.98 Å². The van der Waals surface area contributed by atoms with Crippen molar-refractivity contribution in [2.45, 2.75) is 72.6 Å². The number of nitrogens with zero attached hydrogens (tertiary/aromatic N) is 2. The largest absolute Gasteiger partial charge is 0.477 e. The molecule has 1 rings (SSSR count). The molecular formula is C17H31N3O. The van der Waals surface area contributed by atoms with E-state index in [0.29, 0.717) is 0 Å². The van der Waals surface area contributed by atoms with Gasteiger partial charge in [-0.2, -0.15) is 4.98 Å². The van der Waals surface area contributed by atoms with E-state index in [1.54, 1.807) is 0 Å². The Balaban J connectivity index is 2.97. The molecular weight excluding hydrogens is 262 g/mol. The first-order valence-electron chi connectivity index (χ1n) is 8.15. The van der Waals surface area contributed by atoms with Crippen LogP contribution in [-0.2, 0) is 5.41 Å². The average Bonchev–Trinajstić information content (AvgIpc) is 2.42. The van der Waals surface area contributed by atoms with Crippen molar-refractivity contribution < 1.29 is 4.74 Å². The standard InChI is InChI=1S/C17H31N3O/c1-7-9-10-12-21-15-13(3)14(18-11-8-2)19-16(20-15)17(4,5)6/h7-12H2,1-6H3,(H,18,19,20). The molecule has 0 saturated heterocycles. The predicted octanol–water partition coefficient (Wildman–Crippen LogP) is 4.47. The van der Waals surface area contributed by atoms with E-state index in [2.05, 4.69) is 49.9 Å². The molecule has 4 nitrogen and oxygen atoms in total. The first kappa shape index (κ1) is 17.7. The van der Waals surface area contributed by atoms with Crippen LogP contribution < -0.4 is 10.1 Å². The lowest BCUT2D eigenvalue weighted by molar-refractivity contribution is 0.289. The van der Waals surface area contributed by atoms with Gasteiger partial charge in [-0.3, -0.25) is 0 Å². The molecule has 0 aliphatic carbocycles. The maximum absolute atomic E-state index is 5.90. The molecule has 0 aliphatic rings. The summed E-state index contributed by atoms with van der Waals surface area (Å²) in [5.74, 6) is 2.46. The highest BCUT2D eigenvalue weighted by atomic mass is 16.5. The summed E-state index contributed by atoms with van der Waals surface area (Å²) in [6.07, 6.45) is 4.53. The molecule has 0 aromatic carbocycles. The van der Waals surface area contributed by atoms with E-state index in [9.17, 15) is 0 Å².